The van der Waals surface area contributed by atoms with E-state index in [2.05, 4.69) is 19.2 Å². The Labute approximate surface area is 119 Å². The lowest BCUT2D eigenvalue weighted by Gasteiger charge is -2.32. The second-order valence-electron chi connectivity index (χ2n) is 6.57. The molecule has 3 nitrogen and oxygen atoms in total. The molecule has 0 aromatic heterocycles. The fraction of sp³-hybridized carbons (Fsp3) is 0.562. The molecule has 1 aromatic rings. The standard InChI is InChI=1S/C16H23FN2O/c1-15(2)8-5-9-16(11-10-15,14(18)20)19-13-7-4-3-6-12(13)17/h3-4,6-7,19H,5,8-11H2,1-2H3,(H2,18,20). The van der Waals surface area contributed by atoms with E-state index in [4.69, 9.17) is 5.73 Å². The first-order valence-electron chi connectivity index (χ1n) is 7.17. The largest absolute Gasteiger partial charge is 0.369 e. The van der Waals surface area contributed by atoms with E-state index in [1.165, 1.54) is 6.07 Å². The highest BCUT2D eigenvalue weighted by Crippen LogP contribution is 2.39. The minimum absolute atomic E-state index is 0.202. The number of nitrogens with one attached hydrogen (secondary N) is 1. The number of amides is 1. The van der Waals surface area contributed by atoms with E-state index >= 15 is 0 Å². The summed E-state index contributed by atoms with van der Waals surface area (Å²) < 4.78 is 13.8. The normalized spacial score (nSPS) is 25.8. The number of hydrogen-bond acceptors (Lipinski definition) is 2. The molecular weight excluding hydrogens is 255 g/mol. The van der Waals surface area contributed by atoms with Gasteiger partial charge < -0.3 is 11.1 Å². The number of carbonyl (C=O) groups is 1. The second-order valence-corrected chi connectivity index (χ2v) is 6.57. The van der Waals surface area contributed by atoms with Gasteiger partial charge in [-0.25, -0.2) is 4.39 Å². The number of halogens is 1. The van der Waals surface area contributed by atoms with E-state index in [1.807, 2.05) is 0 Å². The molecule has 0 heterocycles. The zero-order valence-electron chi connectivity index (χ0n) is 12.2. The van der Waals surface area contributed by atoms with Crippen molar-refractivity contribution in [2.45, 2.75) is 51.5 Å². The molecule has 4 heteroatoms. The SMILES string of the molecule is CC1(C)CCCC(Nc2ccccc2F)(C(N)=O)CC1. The van der Waals surface area contributed by atoms with Gasteiger partial charge in [-0.05, 0) is 43.2 Å². The lowest BCUT2D eigenvalue weighted by Crippen LogP contribution is -2.50. The summed E-state index contributed by atoms with van der Waals surface area (Å²) in [7, 11) is 0. The molecule has 0 aliphatic heterocycles. The molecule has 1 atom stereocenters. The molecule has 1 saturated carbocycles. The molecule has 3 N–H and O–H groups in total. The maximum absolute atomic E-state index is 13.8. The highest BCUT2D eigenvalue weighted by Gasteiger charge is 2.40. The Morgan fingerprint density at radius 2 is 1.90 bits per heavy atom. The van der Waals surface area contributed by atoms with Crippen LogP contribution in [0.5, 0.6) is 0 Å². The van der Waals surface area contributed by atoms with Crippen molar-refractivity contribution in [1.82, 2.24) is 0 Å². The summed E-state index contributed by atoms with van der Waals surface area (Å²) in [5.74, 6) is -0.741. The number of hydrogen-bond donors (Lipinski definition) is 2. The van der Waals surface area contributed by atoms with Crippen LogP contribution in [0.4, 0.5) is 10.1 Å². The first-order chi connectivity index (χ1) is 9.35. The smallest absolute Gasteiger partial charge is 0.243 e. The third-order valence-electron chi connectivity index (χ3n) is 4.41. The van der Waals surface area contributed by atoms with Crippen LogP contribution in [0.3, 0.4) is 0 Å². The van der Waals surface area contributed by atoms with E-state index < -0.39 is 11.4 Å². The van der Waals surface area contributed by atoms with Crippen molar-refractivity contribution in [2.24, 2.45) is 11.1 Å². The number of para-hydroxylation sites is 1. The van der Waals surface area contributed by atoms with Gasteiger partial charge in [0, 0.05) is 0 Å². The highest BCUT2D eigenvalue weighted by molar-refractivity contribution is 5.88. The topological polar surface area (TPSA) is 55.1 Å². The highest BCUT2D eigenvalue weighted by atomic mass is 19.1. The molecule has 1 unspecified atom stereocenters. The molecule has 1 aromatic carbocycles. The molecule has 20 heavy (non-hydrogen) atoms. The zero-order chi connectivity index (χ0) is 14.8. The molecule has 0 radical (unpaired) electrons. The molecular formula is C16H23FN2O. The van der Waals surface area contributed by atoms with E-state index in [0.29, 0.717) is 18.5 Å². The second kappa shape index (κ2) is 5.43. The third-order valence-corrected chi connectivity index (χ3v) is 4.41. The van der Waals surface area contributed by atoms with Crippen LogP contribution in [0.2, 0.25) is 0 Å². The summed E-state index contributed by atoms with van der Waals surface area (Å²) in [6.45, 7) is 4.40. The minimum atomic E-state index is -0.837. The fourth-order valence-corrected chi connectivity index (χ4v) is 2.92. The maximum atomic E-state index is 13.8. The predicted molar refractivity (Wildman–Crippen MR) is 78.8 cm³/mol. The molecule has 2 rings (SSSR count). The lowest BCUT2D eigenvalue weighted by molar-refractivity contribution is -0.122. The third kappa shape index (κ3) is 3.11. The van der Waals surface area contributed by atoms with Crippen molar-refractivity contribution in [3.63, 3.8) is 0 Å². The van der Waals surface area contributed by atoms with Crippen LogP contribution in [0.15, 0.2) is 24.3 Å². The van der Waals surface area contributed by atoms with E-state index in [0.717, 1.165) is 19.3 Å². The van der Waals surface area contributed by atoms with Gasteiger partial charge in [0.1, 0.15) is 11.4 Å². The van der Waals surface area contributed by atoms with Crippen LogP contribution in [-0.2, 0) is 4.79 Å². The number of benzene rings is 1. The summed E-state index contributed by atoms with van der Waals surface area (Å²) in [5, 5.41) is 3.09. The molecule has 0 spiro atoms. The number of nitrogens with two attached hydrogens (primary N) is 1. The van der Waals surface area contributed by atoms with Gasteiger partial charge in [-0.3, -0.25) is 4.79 Å². The van der Waals surface area contributed by atoms with Crippen molar-refractivity contribution in [1.29, 1.82) is 0 Å². The summed E-state index contributed by atoms with van der Waals surface area (Å²) in [6, 6.07) is 6.42. The Kier molecular flexibility index (Phi) is 4.02. The summed E-state index contributed by atoms with van der Waals surface area (Å²) >= 11 is 0. The number of primary amides is 1. The first-order valence-corrected chi connectivity index (χ1v) is 7.17. The zero-order valence-corrected chi connectivity index (χ0v) is 12.2. The van der Waals surface area contributed by atoms with Crippen LogP contribution in [0.25, 0.3) is 0 Å². The van der Waals surface area contributed by atoms with Gasteiger partial charge in [-0.1, -0.05) is 32.4 Å². The van der Waals surface area contributed by atoms with Crippen molar-refractivity contribution in [3.05, 3.63) is 30.1 Å². The van der Waals surface area contributed by atoms with Crippen LogP contribution in [0, 0.1) is 11.2 Å². The van der Waals surface area contributed by atoms with Crippen LogP contribution < -0.4 is 11.1 Å². The van der Waals surface area contributed by atoms with Gasteiger partial charge in [0.05, 0.1) is 5.69 Å². The average molecular weight is 278 g/mol. The fourth-order valence-electron chi connectivity index (χ4n) is 2.92. The summed E-state index contributed by atoms with van der Waals surface area (Å²) in [4.78, 5) is 12.0. The number of carbonyl (C=O) groups excluding carboxylic acids is 1. The Balaban J connectivity index is 2.27. The molecule has 1 aliphatic rings. The minimum Gasteiger partial charge on any atom is -0.369 e. The number of rotatable bonds is 3. The summed E-state index contributed by atoms with van der Waals surface area (Å²) in [6.07, 6.45) is 4.17. The van der Waals surface area contributed by atoms with Gasteiger partial charge in [0.15, 0.2) is 0 Å². The molecule has 1 fully saturated rings. The lowest BCUT2D eigenvalue weighted by atomic mass is 9.83. The monoisotopic (exact) mass is 278 g/mol. The van der Waals surface area contributed by atoms with Crippen molar-refractivity contribution >= 4 is 11.6 Å². The van der Waals surface area contributed by atoms with E-state index in [9.17, 15) is 9.18 Å². The average Bonchev–Trinajstić information content (AvgIpc) is 2.52. The van der Waals surface area contributed by atoms with Gasteiger partial charge in [0.25, 0.3) is 0 Å². The van der Waals surface area contributed by atoms with Gasteiger partial charge in [0.2, 0.25) is 5.91 Å². The summed E-state index contributed by atoms with van der Waals surface area (Å²) in [5.41, 5.74) is 5.35. The molecule has 110 valence electrons. The van der Waals surface area contributed by atoms with Crippen LogP contribution in [-0.4, -0.2) is 11.4 Å². The Bertz CT molecular complexity index is 501. The van der Waals surface area contributed by atoms with Crippen LogP contribution >= 0.6 is 0 Å². The quantitative estimate of drug-likeness (QED) is 0.832. The molecule has 0 bridgehead atoms. The van der Waals surface area contributed by atoms with Gasteiger partial charge in [-0.15, -0.1) is 0 Å². The van der Waals surface area contributed by atoms with E-state index in [1.54, 1.807) is 18.2 Å². The Hall–Kier alpha value is -1.58. The molecule has 1 amide bonds. The maximum Gasteiger partial charge on any atom is 0.243 e. The van der Waals surface area contributed by atoms with Gasteiger partial charge >= 0.3 is 0 Å². The first kappa shape index (κ1) is 14.8. The molecule has 1 aliphatic carbocycles. The number of anilines is 1. The molecule has 0 saturated heterocycles. The van der Waals surface area contributed by atoms with Crippen molar-refractivity contribution < 1.29 is 9.18 Å². The predicted octanol–water partition coefficient (Wildman–Crippen LogP) is 3.45. The van der Waals surface area contributed by atoms with Gasteiger partial charge in [-0.2, -0.15) is 0 Å². The Morgan fingerprint density at radius 1 is 1.20 bits per heavy atom. The van der Waals surface area contributed by atoms with Crippen molar-refractivity contribution in [3.8, 4) is 0 Å². The Morgan fingerprint density at radius 3 is 2.55 bits per heavy atom. The van der Waals surface area contributed by atoms with E-state index in [-0.39, 0.29) is 11.2 Å². The van der Waals surface area contributed by atoms with Crippen LogP contribution in [0.1, 0.15) is 46.0 Å². The van der Waals surface area contributed by atoms with Crippen molar-refractivity contribution in [2.75, 3.05) is 5.32 Å².